The highest BCUT2D eigenvalue weighted by atomic mass is 16.2. The summed E-state index contributed by atoms with van der Waals surface area (Å²) in [7, 11) is 5.63. The lowest BCUT2D eigenvalue weighted by Gasteiger charge is -2.30. The molecule has 0 unspecified atom stereocenters. The number of hydrogen-bond acceptors (Lipinski definition) is 4. The lowest BCUT2D eigenvalue weighted by Crippen LogP contribution is -2.39. The minimum absolute atomic E-state index is 0.0295. The molecule has 1 aromatic heterocycles. The normalized spacial score (nSPS) is 12.0. The van der Waals surface area contributed by atoms with Crippen LogP contribution in [0.4, 0.5) is 0 Å². The van der Waals surface area contributed by atoms with Crippen LogP contribution in [-0.4, -0.2) is 53.4 Å². The molecule has 2 aromatic carbocycles. The topological polar surface area (TPSA) is 69.3 Å². The molecule has 1 heterocycles. The standard InChI is InChI=1S/C22H24N4O2/c1-25(2)15-19(16-10-6-4-7-11-16)26(3)22(28)18-14-23-20(24-21(18)27)17-12-8-5-9-13-17/h4-14,19H,15H2,1-3H3,(H,23,24,27)/t19-/m0/s1. The number of carbonyl (C=O) groups excluding carboxylic acids is 1. The number of amides is 1. The number of benzene rings is 2. The second kappa shape index (κ2) is 8.63. The zero-order chi connectivity index (χ0) is 20.1. The van der Waals surface area contributed by atoms with Crippen LogP contribution in [0.1, 0.15) is 22.0 Å². The summed E-state index contributed by atoms with van der Waals surface area (Å²) >= 11 is 0. The van der Waals surface area contributed by atoms with Gasteiger partial charge in [0.2, 0.25) is 0 Å². The Bertz CT molecular complexity index is 984. The Morgan fingerprint density at radius 1 is 1.00 bits per heavy atom. The summed E-state index contributed by atoms with van der Waals surface area (Å²) in [5.41, 5.74) is 1.39. The number of carbonyl (C=O) groups is 1. The molecule has 28 heavy (non-hydrogen) atoms. The van der Waals surface area contributed by atoms with Gasteiger partial charge >= 0.3 is 0 Å². The Morgan fingerprint density at radius 2 is 1.61 bits per heavy atom. The van der Waals surface area contributed by atoms with Gasteiger partial charge < -0.3 is 14.8 Å². The second-order valence-electron chi connectivity index (χ2n) is 6.95. The van der Waals surface area contributed by atoms with Gasteiger partial charge in [0.15, 0.2) is 0 Å². The Labute approximate surface area is 164 Å². The number of hydrogen-bond donors (Lipinski definition) is 1. The van der Waals surface area contributed by atoms with Gasteiger partial charge in [0.1, 0.15) is 11.4 Å². The molecule has 0 bridgehead atoms. The molecule has 144 valence electrons. The molecule has 1 amide bonds. The molecular weight excluding hydrogens is 352 g/mol. The summed E-state index contributed by atoms with van der Waals surface area (Å²) in [4.78, 5) is 36.3. The van der Waals surface area contributed by atoms with Gasteiger partial charge in [-0.25, -0.2) is 4.98 Å². The van der Waals surface area contributed by atoms with Crippen molar-refractivity contribution in [2.75, 3.05) is 27.7 Å². The van der Waals surface area contributed by atoms with E-state index in [1.807, 2.05) is 79.7 Å². The maximum atomic E-state index is 13.1. The van der Waals surface area contributed by atoms with Crippen LogP contribution in [-0.2, 0) is 0 Å². The van der Waals surface area contributed by atoms with Gasteiger partial charge in [-0.2, -0.15) is 0 Å². The summed E-state index contributed by atoms with van der Waals surface area (Å²) in [6.45, 7) is 0.639. The van der Waals surface area contributed by atoms with Crippen LogP contribution in [0, 0.1) is 0 Å². The number of nitrogens with zero attached hydrogens (tertiary/aromatic N) is 3. The zero-order valence-corrected chi connectivity index (χ0v) is 16.3. The fourth-order valence-electron chi connectivity index (χ4n) is 3.09. The van der Waals surface area contributed by atoms with E-state index in [9.17, 15) is 9.59 Å². The smallest absolute Gasteiger partial charge is 0.264 e. The molecule has 0 aliphatic rings. The number of H-pyrrole nitrogens is 1. The molecule has 0 fully saturated rings. The van der Waals surface area contributed by atoms with E-state index in [0.717, 1.165) is 11.1 Å². The Morgan fingerprint density at radius 3 is 2.18 bits per heavy atom. The summed E-state index contributed by atoms with van der Waals surface area (Å²) in [5.74, 6) is 0.0850. The van der Waals surface area contributed by atoms with Crippen LogP contribution in [0.5, 0.6) is 0 Å². The summed E-state index contributed by atoms with van der Waals surface area (Å²) in [5, 5.41) is 0. The van der Waals surface area contributed by atoms with E-state index < -0.39 is 5.56 Å². The number of aromatic nitrogens is 2. The first kappa shape index (κ1) is 19.5. The van der Waals surface area contributed by atoms with E-state index in [1.54, 1.807) is 11.9 Å². The van der Waals surface area contributed by atoms with Crippen molar-refractivity contribution in [3.8, 4) is 11.4 Å². The quantitative estimate of drug-likeness (QED) is 0.718. The third-order valence-corrected chi connectivity index (χ3v) is 4.59. The maximum Gasteiger partial charge on any atom is 0.264 e. The van der Waals surface area contributed by atoms with E-state index in [0.29, 0.717) is 12.4 Å². The van der Waals surface area contributed by atoms with Crippen molar-refractivity contribution >= 4 is 5.91 Å². The largest absolute Gasteiger partial charge is 0.333 e. The van der Waals surface area contributed by atoms with Crippen molar-refractivity contribution in [3.63, 3.8) is 0 Å². The molecule has 0 radical (unpaired) electrons. The first-order valence-electron chi connectivity index (χ1n) is 9.09. The van der Waals surface area contributed by atoms with Crippen LogP contribution in [0.15, 0.2) is 71.7 Å². The molecule has 0 saturated carbocycles. The van der Waals surface area contributed by atoms with Gasteiger partial charge in [0.05, 0.1) is 6.04 Å². The number of likely N-dealkylation sites (N-methyl/N-ethyl adjacent to an activating group) is 2. The highest BCUT2D eigenvalue weighted by Crippen LogP contribution is 2.21. The Balaban J connectivity index is 1.90. The van der Waals surface area contributed by atoms with Crippen molar-refractivity contribution in [2.24, 2.45) is 0 Å². The van der Waals surface area contributed by atoms with Crippen molar-refractivity contribution in [1.29, 1.82) is 0 Å². The van der Waals surface area contributed by atoms with E-state index >= 15 is 0 Å². The molecule has 3 rings (SSSR count). The average Bonchev–Trinajstić information content (AvgIpc) is 2.72. The van der Waals surface area contributed by atoms with Crippen LogP contribution >= 0.6 is 0 Å². The minimum atomic E-state index is -0.442. The SMILES string of the molecule is CN(C)C[C@@H](c1ccccc1)N(C)C(=O)c1cnc(-c2ccccc2)[nH]c1=O. The van der Waals surface area contributed by atoms with Gasteiger partial charge in [0, 0.05) is 25.4 Å². The summed E-state index contributed by atoms with van der Waals surface area (Å²) < 4.78 is 0. The number of rotatable bonds is 6. The predicted octanol–water partition coefficient (Wildman–Crippen LogP) is 2.81. The fourth-order valence-corrected chi connectivity index (χ4v) is 3.09. The van der Waals surface area contributed by atoms with Crippen molar-refractivity contribution in [1.82, 2.24) is 19.8 Å². The molecule has 6 nitrogen and oxygen atoms in total. The number of aromatic amines is 1. The molecule has 1 N–H and O–H groups in total. The molecular formula is C22H24N4O2. The maximum absolute atomic E-state index is 13.1. The van der Waals surface area contributed by atoms with Crippen molar-refractivity contribution in [3.05, 3.63) is 88.3 Å². The second-order valence-corrected chi connectivity index (χ2v) is 6.95. The molecule has 0 aliphatic carbocycles. The highest BCUT2D eigenvalue weighted by molar-refractivity contribution is 5.93. The van der Waals surface area contributed by atoms with Crippen molar-refractivity contribution in [2.45, 2.75) is 6.04 Å². The Kier molecular flexibility index (Phi) is 6.01. The summed E-state index contributed by atoms with van der Waals surface area (Å²) in [6, 6.07) is 19.0. The molecule has 0 spiro atoms. The molecule has 0 saturated heterocycles. The molecule has 1 atom stereocenters. The fraction of sp³-hybridized carbons (Fsp3) is 0.227. The van der Waals surface area contributed by atoms with Crippen molar-refractivity contribution < 1.29 is 4.79 Å². The molecule has 6 heteroatoms. The third kappa shape index (κ3) is 4.35. The lowest BCUT2D eigenvalue weighted by molar-refractivity contribution is 0.0703. The van der Waals surface area contributed by atoms with Crippen LogP contribution in [0.2, 0.25) is 0 Å². The zero-order valence-electron chi connectivity index (χ0n) is 16.3. The van der Waals surface area contributed by atoms with Gasteiger partial charge in [0.25, 0.3) is 11.5 Å². The van der Waals surface area contributed by atoms with E-state index in [2.05, 4.69) is 9.97 Å². The van der Waals surface area contributed by atoms with E-state index in [4.69, 9.17) is 0 Å². The molecule has 3 aromatic rings. The van der Waals surface area contributed by atoms with Gasteiger partial charge in [-0.1, -0.05) is 60.7 Å². The van der Waals surface area contributed by atoms with E-state index in [1.165, 1.54) is 6.20 Å². The first-order valence-corrected chi connectivity index (χ1v) is 9.09. The predicted molar refractivity (Wildman–Crippen MR) is 110 cm³/mol. The molecule has 0 aliphatic heterocycles. The Hall–Kier alpha value is -3.25. The third-order valence-electron chi connectivity index (χ3n) is 4.59. The van der Waals surface area contributed by atoms with Gasteiger partial charge in [-0.15, -0.1) is 0 Å². The first-order chi connectivity index (χ1) is 13.5. The summed E-state index contributed by atoms with van der Waals surface area (Å²) in [6.07, 6.45) is 1.36. The van der Waals surface area contributed by atoms with E-state index in [-0.39, 0.29) is 17.5 Å². The van der Waals surface area contributed by atoms with Gasteiger partial charge in [-0.3, -0.25) is 9.59 Å². The average molecular weight is 376 g/mol. The monoisotopic (exact) mass is 376 g/mol. The van der Waals surface area contributed by atoms with Gasteiger partial charge in [-0.05, 0) is 19.7 Å². The highest BCUT2D eigenvalue weighted by Gasteiger charge is 2.25. The minimum Gasteiger partial charge on any atom is -0.333 e. The number of nitrogens with one attached hydrogen (secondary N) is 1. The van der Waals surface area contributed by atoms with Crippen LogP contribution in [0.25, 0.3) is 11.4 Å². The lowest BCUT2D eigenvalue weighted by atomic mass is 10.0. The van der Waals surface area contributed by atoms with Crippen LogP contribution < -0.4 is 5.56 Å². The van der Waals surface area contributed by atoms with Crippen LogP contribution in [0.3, 0.4) is 0 Å².